The molecule has 1 amide bonds. The van der Waals surface area contributed by atoms with Crippen LogP contribution in [0.3, 0.4) is 0 Å². The Morgan fingerprint density at radius 3 is 2.84 bits per heavy atom. The molecule has 0 atom stereocenters. The van der Waals surface area contributed by atoms with E-state index in [-0.39, 0.29) is 11.6 Å². The fourth-order valence-electron chi connectivity index (χ4n) is 2.73. The van der Waals surface area contributed by atoms with Crippen molar-refractivity contribution in [3.63, 3.8) is 0 Å². The molecule has 0 saturated carbocycles. The molecule has 0 spiro atoms. The van der Waals surface area contributed by atoms with Crippen molar-refractivity contribution in [2.24, 2.45) is 0 Å². The summed E-state index contributed by atoms with van der Waals surface area (Å²) in [6.45, 7) is 1.75. The number of benzene rings is 2. The number of aromatic nitrogens is 3. The van der Waals surface area contributed by atoms with E-state index in [0.717, 1.165) is 4.90 Å². The van der Waals surface area contributed by atoms with Crippen molar-refractivity contribution < 1.29 is 14.2 Å². The largest absolute Gasteiger partial charge is 0.338 e. The van der Waals surface area contributed by atoms with E-state index >= 15 is 0 Å². The zero-order chi connectivity index (χ0) is 21.8. The molecule has 4 rings (SSSR count). The fourth-order valence-corrected chi connectivity index (χ4v) is 4.33. The lowest BCUT2D eigenvalue weighted by Crippen LogP contribution is -2.12. The van der Waals surface area contributed by atoms with Crippen molar-refractivity contribution in [1.29, 1.82) is 0 Å². The van der Waals surface area contributed by atoms with Crippen LogP contribution in [0.2, 0.25) is 0 Å². The molecule has 31 heavy (non-hydrogen) atoms. The van der Waals surface area contributed by atoms with Gasteiger partial charge in [0.25, 0.3) is 11.6 Å². The smallest absolute Gasteiger partial charge is 0.270 e. The van der Waals surface area contributed by atoms with Gasteiger partial charge in [-0.2, -0.15) is 4.98 Å². The normalized spacial score (nSPS) is 10.7. The number of nitro benzene ring substituents is 1. The van der Waals surface area contributed by atoms with Gasteiger partial charge >= 0.3 is 0 Å². The highest BCUT2D eigenvalue weighted by molar-refractivity contribution is 7.98. The number of carbonyl (C=O) groups excluding carboxylic acids is 1. The maximum Gasteiger partial charge on any atom is 0.270 e. The molecular formula is C20H15N5O4S2. The van der Waals surface area contributed by atoms with E-state index in [2.05, 4.69) is 20.4 Å². The summed E-state index contributed by atoms with van der Waals surface area (Å²) in [4.78, 5) is 32.7. The maximum atomic E-state index is 12.8. The summed E-state index contributed by atoms with van der Waals surface area (Å²) in [5, 5.41) is 19.7. The third-order valence-electron chi connectivity index (χ3n) is 4.13. The lowest BCUT2D eigenvalue weighted by Gasteiger charge is -2.07. The number of non-ortho nitro benzene ring substituents is 1. The number of nitrogens with one attached hydrogen (secondary N) is 1. The monoisotopic (exact) mass is 453 g/mol. The SMILES string of the molecule is Cc1noc(CSc2ccccc2C(=O)Nc2nc(-c3cccc([N+](=O)[O-])c3)cs2)n1. The van der Waals surface area contributed by atoms with E-state index < -0.39 is 4.92 Å². The van der Waals surface area contributed by atoms with Crippen LogP contribution in [0.5, 0.6) is 0 Å². The predicted molar refractivity (Wildman–Crippen MR) is 117 cm³/mol. The second kappa shape index (κ2) is 9.06. The Morgan fingerprint density at radius 2 is 2.06 bits per heavy atom. The minimum atomic E-state index is -0.456. The van der Waals surface area contributed by atoms with E-state index in [0.29, 0.717) is 39.4 Å². The molecule has 0 fully saturated rings. The van der Waals surface area contributed by atoms with Crippen LogP contribution in [-0.4, -0.2) is 26.0 Å². The van der Waals surface area contributed by atoms with E-state index in [9.17, 15) is 14.9 Å². The molecule has 0 aliphatic rings. The van der Waals surface area contributed by atoms with Gasteiger partial charge in [-0.3, -0.25) is 20.2 Å². The Hall–Kier alpha value is -3.57. The van der Waals surface area contributed by atoms with Gasteiger partial charge in [0.15, 0.2) is 11.0 Å². The molecule has 0 saturated heterocycles. The summed E-state index contributed by atoms with van der Waals surface area (Å²) in [7, 11) is 0. The Labute approximate surface area is 184 Å². The van der Waals surface area contributed by atoms with Crippen LogP contribution >= 0.6 is 23.1 Å². The number of nitrogens with zero attached hydrogens (tertiary/aromatic N) is 4. The highest BCUT2D eigenvalue weighted by Gasteiger charge is 2.16. The van der Waals surface area contributed by atoms with Gasteiger partial charge < -0.3 is 4.52 Å². The zero-order valence-electron chi connectivity index (χ0n) is 16.1. The van der Waals surface area contributed by atoms with E-state index in [4.69, 9.17) is 4.52 Å². The average molecular weight is 454 g/mol. The quantitative estimate of drug-likeness (QED) is 0.237. The second-order valence-electron chi connectivity index (χ2n) is 6.32. The predicted octanol–water partition coefficient (Wildman–Crippen LogP) is 4.95. The van der Waals surface area contributed by atoms with Gasteiger partial charge in [-0.1, -0.05) is 29.4 Å². The number of anilines is 1. The number of carbonyl (C=O) groups is 1. The van der Waals surface area contributed by atoms with Gasteiger partial charge in [0.1, 0.15) is 0 Å². The number of aryl methyl sites for hydroxylation is 1. The van der Waals surface area contributed by atoms with Crippen LogP contribution in [0.1, 0.15) is 22.1 Å². The number of hydrogen-bond donors (Lipinski definition) is 1. The molecule has 0 aliphatic carbocycles. The number of amides is 1. The first-order chi connectivity index (χ1) is 15.0. The first-order valence-electron chi connectivity index (χ1n) is 9.02. The number of rotatable bonds is 7. The minimum absolute atomic E-state index is 0.0153. The van der Waals surface area contributed by atoms with Crippen molar-refractivity contribution in [1.82, 2.24) is 15.1 Å². The van der Waals surface area contributed by atoms with Crippen LogP contribution in [0.15, 0.2) is 63.3 Å². The summed E-state index contributed by atoms with van der Waals surface area (Å²) >= 11 is 2.67. The van der Waals surface area contributed by atoms with Crippen LogP contribution in [0.25, 0.3) is 11.3 Å². The molecular weight excluding hydrogens is 438 g/mol. The average Bonchev–Trinajstić information content (AvgIpc) is 3.41. The van der Waals surface area contributed by atoms with Gasteiger partial charge in [0, 0.05) is 28.0 Å². The molecule has 2 heterocycles. The maximum absolute atomic E-state index is 12.8. The lowest BCUT2D eigenvalue weighted by molar-refractivity contribution is -0.384. The van der Waals surface area contributed by atoms with E-state index in [1.54, 1.807) is 36.6 Å². The van der Waals surface area contributed by atoms with Crippen molar-refractivity contribution in [3.05, 3.63) is 81.3 Å². The highest BCUT2D eigenvalue weighted by atomic mass is 32.2. The summed E-state index contributed by atoms with van der Waals surface area (Å²) in [6, 6.07) is 13.4. The molecule has 4 aromatic rings. The summed E-state index contributed by atoms with van der Waals surface area (Å²) < 4.78 is 5.12. The fraction of sp³-hybridized carbons (Fsp3) is 0.100. The first kappa shape index (κ1) is 20.7. The third kappa shape index (κ3) is 4.95. The van der Waals surface area contributed by atoms with Gasteiger partial charge in [0.2, 0.25) is 5.89 Å². The van der Waals surface area contributed by atoms with E-state index in [1.807, 2.05) is 12.1 Å². The Morgan fingerprint density at radius 1 is 1.23 bits per heavy atom. The molecule has 156 valence electrons. The topological polar surface area (TPSA) is 124 Å². The summed E-state index contributed by atoms with van der Waals surface area (Å²) in [5.41, 5.74) is 1.64. The molecule has 0 radical (unpaired) electrons. The summed E-state index contributed by atoms with van der Waals surface area (Å²) in [5.74, 6) is 1.19. The van der Waals surface area contributed by atoms with Crippen molar-refractivity contribution >= 4 is 39.8 Å². The molecule has 2 aromatic heterocycles. The van der Waals surface area contributed by atoms with Crippen molar-refractivity contribution in [2.75, 3.05) is 5.32 Å². The van der Waals surface area contributed by atoms with E-state index in [1.165, 1.54) is 35.2 Å². The van der Waals surface area contributed by atoms with Gasteiger partial charge in [-0.25, -0.2) is 4.98 Å². The van der Waals surface area contributed by atoms with Crippen LogP contribution < -0.4 is 5.32 Å². The number of hydrogen-bond acceptors (Lipinski definition) is 9. The number of thioether (sulfide) groups is 1. The third-order valence-corrected chi connectivity index (χ3v) is 5.95. The molecule has 1 N–H and O–H groups in total. The number of nitro groups is 1. The Kier molecular flexibility index (Phi) is 6.05. The molecule has 0 unspecified atom stereocenters. The number of thiazole rings is 1. The van der Waals surface area contributed by atoms with Crippen LogP contribution in [0, 0.1) is 17.0 Å². The minimum Gasteiger partial charge on any atom is -0.338 e. The summed E-state index contributed by atoms with van der Waals surface area (Å²) in [6.07, 6.45) is 0. The second-order valence-corrected chi connectivity index (χ2v) is 8.19. The molecule has 9 nitrogen and oxygen atoms in total. The molecule has 2 aromatic carbocycles. The molecule has 0 aliphatic heterocycles. The zero-order valence-corrected chi connectivity index (χ0v) is 17.8. The van der Waals surface area contributed by atoms with Crippen LogP contribution in [0.4, 0.5) is 10.8 Å². The Bertz CT molecular complexity index is 1250. The first-order valence-corrected chi connectivity index (χ1v) is 10.9. The van der Waals surface area contributed by atoms with Gasteiger partial charge in [-0.05, 0) is 19.1 Å². The van der Waals surface area contributed by atoms with Crippen LogP contribution in [-0.2, 0) is 5.75 Å². The highest BCUT2D eigenvalue weighted by Crippen LogP contribution is 2.29. The van der Waals surface area contributed by atoms with Crippen molar-refractivity contribution in [3.8, 4) is 11.3 Å². The van der Waals surface area contributed by atoms with Gasteiger partial charge in [-0.15, -0.1) is 23.1 Å². The lowest BCUT2D eigenvalue weighted by atomic mass is 10.1. The molecule has 11 heteroatoms. The Balaban J connectivity index is 1.48. The van der Waals surface area contributed by atoms with Gasteiger partial charge in [0.05, 0.1) is 21.9 Å². The standard InChI is InChI=1S/C20H15N5O4S2/c1-12-21-18(29-24-12)11-30-17-8-3-2-7-15(17)19(26)23-20-22-16(10-31-20)13-5-4-6-14(9-13)25(27)28/h2-10H,11H2,1H3,(H,22,23,26). The molecule has 0 bridgehead atoms. The van der Waals surface area contributed by atoms with Crippen molar-refractivity contribution in [2.45, 2.75) is 17.6 Å².